The summed E-state index contributed by atoms with van der Waals surface area (Å²) in [5, 5.41) is 2.32. The van der Waals surface area contributed by atoms with Crippen LogP contribution < -0.4 is 14.5 Å². The van der Waals surface area contributed by atoms with Crippen LogP contribution in [0.1, 0.15) is 42.9 Å². The zero-order valence-corrected chi connectivity index (χ0v) is 17.7. The molecule has 0 amide bonds. The summed E-state index contributed by atoms with van der Waals surface area (Å²) >= 11 is 0. The second-order valence-electron chi connectivity index (χ2n) is 7.69. The summed E-state index contributed by atoms with van der Waals surface area (Å²) in [4.78, 5) is 0. The molecule has 2 saturated heterocycles. The van der Waals surface area contributed by atoms with Crippen molar-refractivity contribution in [3.8, 4) is 5.75 Å². The Morgan fingerprint density at radius 2 is 1.90 bits per heavy atom. The number of hydrogen-bond donors (Lipinski definition) is 1. The van der Waals surface area contributed by atoms with Crippen molar-refractivity contribution in [3.63, 3.8) is 0 Å². The van der Waals surface area contributed by atoms with E-state index in [1.165, 1.54) is 22.7 Å². The van der Waals surface area contributed by atoms with Gasteiger partial charge in [0, 0.05) is 31.2 Å². The summed E-state index contributed by atoms with van der Waals surface area (Å²) in [5.41, 5.74) is 6.59. The van der Waals surface area contributed by atoms with Crippen molar-refractivity contribution in [1.29, 1.82) is 0 Å². The summed E-state index contributed by atoms with van der Waals surface area (Å²) < 4.78 is 31.7. The van der Waals surface area contributed by atoms with E-state index in [0.717, 1.165) is 30.0 Å². The van der Waals surface area contributed by atoms with Crippen LogP contribution in [-0.2, 0) is 16.6 Å². The number of nitrogens with one attached hydrogen (secondary N) is 1. The number of methoxy groups -OCH3 is 1. The summed E-state index contributed by atoms with van der Waals surface area (Å²) in [5.74, 6) is 0.991. The molecular formula is C22H29N3O3S. The van der Waals surface area contributed by atoms with Gasteiger partial charge in [0.15, 0.2) is 0 Å². The van der Waals surface area contributed by atoms with Crippen LogP contribution in [0.15, 0.2) is 48.5 Å². The standard InChI is InChI=1S/C22H29N3O3S/c1-28-22-12-11-20(25-14-7-15-29(25,26)27)16-19(22)17-23-24-13-6-5-10-21(24)18-8-3-2-4-9-18/h2-4,8-9,11-12,16,21,23H,5-7,10,13-15,17H2,1H3. The minimum absolute atomic E-state index is 0.221. The normalized spacial score (nSPS) is 22.0. The van der Waals surface area contributed by atoms with Crippen molar-refractivity contribution >= 4 is 15.7 Å². The predicted octanol–water partition coefficient (Wildman–Crippen LogP) is 3.47. The summed E-state index contributed by atoms with van der Waals surface area (Å²) in [7, 11) is -1.54. The maximum Gasteiger partial charge on any atom is 0.235 e. The molecule has 0 aliphatic carbocycles. The van der Waals surface area contributed by atoms with Crippen LogP contribution in [-0.4, -0.2) is 39.4 Å². The molecule has 1 atom stereocenters. The van der Waals surface area contributed by atoms with E-state index in [2.05, 4.69) is 34.7 Å². The van der Waals surface area contributed by atoms with Gasteiger partial charge in [-0.25, -0.2) is 13.4 Å². The summed E-state index contributed by atoms with van der Waals surface area (Å²) in [6.07, 6.45) is 4.19. The number of sulfonamides is 1. The monoisotopic (exact) mass is 415 g/mol. The van der Waals surface area contributed by atoms with Crippen LogP contribution in [0.4, 0.5) is 5.69 Å². The zero-order valence-electron chi connectivity index (χ0n) is 16.9. The minimum atomic E-state index is -3.20. The molecule has 6 nitrogen and oxygen atoms in total. The van der Waals surface area contributed by atoms with Crippen LogP contribution in [0.2, 0.25) is 0 Å². The Morgan fingerprint density at radius 1 is 1.07 bits per heavy atom. The maximum absolute atomic E-state index is 12.3. The van der Waals surface area contributed by atoms with Gasteiger partial charge in [0.2, 0.25) is 10.0 Å². The number of hydrazine groups is 1. The molecule has 4 rings (SSSR count). The summed E-state index contributed by atoms with van der Waals surface area (Å²) in [6.45, 7) is 2.13. The Labute approximate surface area is 173 Å². The fraction of sp³-hybridized carbons (Fsp3) is 0.455. The van der Waals surface area contributed by atoms with Crippen LogP contribution in [0.3, 0.4) is 0 Å². The van der Waals surface area contributed by atoms with Crippen molar-refractivity contribution in [3.05, 3.63) is 59.7 Å². The average molecular weight is 416 g/mol. The van der Waals surface area contributed by atoms with E-state index in [1.54, 1.807) is 7.11 Å². The Hall–Kier alpha value is -2.09. The third-order valence-electron chi connectivity index (χ3n) is 5.81. The van der Waals surface area contributed by atoms with Gasteiger partial charge < -0.3 is 4.74 Å². The van der Waals surface area contributed by atoms with Crippen LogP contribution >= 0.6 is 0 Å². The van der Waals surface area contributed by atoms with Gasteiger partial charge in [0.25, 0.3) is 0 Å². The van der Waals surface area contributed by atoms with Crippen molar-refractivity contribution < 1.29 is 13.2 Å². The number of piperidine rings is 1. The molecule has 0 spiro atoms. The molecule has 0 bridgehead atoms. The molecule has 0 saturated carbocycles. The quantitative estimate of drug-likeness (QED) is 0.783. The van der Waals surface area contributed by atoms with Crippen LogP contribution in [0.5, 0.6) is 5.75 Å². The highest BCUT2D eigenvalue weighted by atomic mass is 32.2. The molecule has 29 heavy (non-hydrogen) atoms. The SMILES string of the molecule is COc1ccc(N2CCCS2(=O)=O)cc1CNN1CCCCC1c1ccccc1. The molecule has 2 aromatic carbocycles. The van der Waals surface area contributed by atoms with Gasteiger partial charge in [0.1, 0.15) is 5.75 Å². The van der Waals surface area contributed by atoms with Gasteiger partial charge in [-0.3, -0.25) is 9.73 Å². The maximum atomic E-state index is 12.3. The fourth-order valence-corrected chi connectivity index (χ4v) is 5.87. The van der Waals surface area contributed by atoms with Crippen molar-refractivity contribution in [1.82, 2.24) is 10.4 Å². The number of rotatable bonds is 6. The van der Waals surface area contributed by atoms with Gasteiger partial charge in [0.05, 0.1) is 18.6 Å². The number of benzene rings is 2. The predicted molar refractivity (Wildman–Crippen MR) is 115 cm³/mol. The summed E-state index contributed by atoms with van der Waals surface area (Å²) in [6, 6.07) is 16.6. The minimum Gasteiger partial charge on any atom is -0.496 e. The van der Waals surface area contributed by atoms with Crippen molar-refractivity contribution in [2.24, 2.45) is 0 Å². The molecule has 7 heteroatoms. The number of ether oxygens (including phenoxy) is 1. The van der Waals surface area contributed by atoms with Crippen LogP contribution in [0.25, 0.3) is 0 Å². The highest BCUT2D eigenvalue weighted by molar-refractivity contribution is 7.93. The number of anilines is 1. The van der Waals surface area contributed by atoms with E-state index in [1.807, 2.05) is 24.3 Å². The Kier molecular flexibility index (Phi) is 6.08. The molecule has 0 aromatic heterocycles. The lowest BCUT2D eigenvalue weighted by Gasteiger charge is -2.36. The Balaban J connectivity index is 1.53. The van der Waals surface area contributed by atoms with E-state index in [4.69, 9.17) is 4.74 Å². The molecule has 2 aliphatic rings. The first-order valence-electron chi connectivity index (χ1n) is 10.3. The smallest absolute Gasteiger partial charge is 0.235 e. The highest BCUT2D eigenvalue weighted by Gasteiger charge is 2.29. The third kappa shape index (κ3) is 4.42. The molecule has 1 unspecified atom stereocenters. The van der Waals surface area contributed by atoms with Crippen LogP contribution in [0, 0.1) is 0 Å². The van der Waals surface area contributed by atoms with E-state index < -0.39 is 10.0 Å². The van der Waals surface area contributed by atoms with Gasteiger partial charge in [-0.1, -0.05) is 36.8 Å². The average Bonchev–Trinajstić information content (AvgIpc) is 3.12. The lowest BCUT2D eigenvalue weighted by molar-refractivity contribution is 0.0822. The van der Waals surface area contributed by atoms with E-state index >= 15 is 0 Å². The third-order valence-corrected chi connectivity index (χ3v) is 7.68. The van der Waals surface area contributed by atoms with Crippen molar-refractivity contribution in [2.45, 2.75) is 38.3 Å². The molecular weight excluding hydrogens is 386 g/mol. The van der Waals surface area contributed by atoms with Gasteiger partial charge in [-0.15, -0.1) is 0 Å². The first kappa shape index (κ1) is 20.2. The highest BCUT2D eigenvalue weighted by Crippen LogP contribution is 2.32. The lowest BCUT2D eigenvalue weighted by Crippen LogP contribution is -2.43. The van der Waals surface area contributed by atoms with Gasteiger partial charge in [-0.2, -0.15) is 0 Å². The van der Waals surface area contributed by atoms with Gasteiger partial charge >= 0.3 is 0 Å². The molecule has 2 fully saturated rings. The first-order chi connectivity index (χ1) is 14.1. The molecule has 1 N–H and O–H groups in total. The second kappa shape index (κ2) is 8.73. The largest absolute Gasteiger partial charge is 0.496 e. The molecule has 2 aliphatic heterocycles. The Bertz CT molecular complexity index is 934. The molecule has 2 heterocycles. The van der Waals surface area contributed by atoms with Gasteiger partial charge in [-0.05, 0) is 43.0 Å². The molecule has 2 aromatic rings. The fourth-order valence-electron chi connectivity index (χ4n) is 4.32. The van der Waals surface area contributed by atoms with E-state index in [-0.39, 0.29) is 5.75 Å². The second-order valence-corrected chi connectivity index (χ2v) is 9.70. The molecule has 0 radical (unpaired) electrons. The van der Waals surface area contributed by atoms with E-state index in [9.17, 15) is 8.42 Å². The van der Waals surface area contributed by atoms with Crippen molar-refractivity contribution in [2.75, 3.05) is 30.3 Å². The zero-order chi connectivity index (χ0) is 20.3. The first-order valence-corrected chi connectivity index (χ1v) is 11.9. The molecule has 156 valence electrons. The topological polar surface area (TPSA) is 61.9 Å². The lowest BCUT2D eigenvalue weighted by atomic mass is 9.97. The van der Waals surface area contributed by atoms with E-state index in [0.29, 0.717) is 25.6 Å². The number of nitrogens with zero attached hydrogens (tertiary/aromatic N) is 2. The number of hydrogen-bond acceptors (Lipinski definition) is 5. The Morgan fingerprint density at radius 3 is 2.62 bits per heavy atom.